The molecule has 0 heterocycles. The van der Waals surface area contributed by atoms with E-state index in [4.69, 9.17) is 5.73 Å². The monoisotopic (exact) mass is 262 g/mol. The summed E-state index contributed by atoms with van der Waals surface area (Å²) in [6.07, 6.45) is 6.48. The molecule has 19 heavy (non-hydrogen) atoms. The van der Waals surface area contributed by atoms with Gasteiger partial charge in [-0.05, 0) is 31.0 Å². The van der Waals surface area contributed by atoms with Crippen LogP contribution in [0, 0.1) is 0 Å². The number of nitrogens with two attached hydrogens (primary N) is 1. The van der Waals surface area contributed by atoms with Crippen molar-refractivity contribution in [1.82, 2.24) is 5.32 Å². The van der Waals surface area contributed by atoms with Crippen molar-refractivity contribution in [1.29, 1.82) is 0 Å². The fraction of sp³-hybridized carbons (Fsp3) is 0.562. The number of amides is 1. The van der Waals surface area contributed by atoms with Crippen molar-refractivity contribution in [3.63, 3.8) is 0 Å². The van der Waals surface area contributed by atoms with E-state index < -0.39 is 0 Å². The Balaban J connectivity index is 2.24. The second kappa shape index (κ2) is 8.57. The van der Waals surface area contributed by atoms with E-state index in [1.165, 1.54) is 25.7 Å². The van der Waals surface area contributed by atoms with Gasteiger partial charge in [0, 0.05) is 11.7 Å². The summed E-state index contributed by atoms with van der Waals surface area (Å²) in [6.45, 7) is 4.28. The van der Waals surface area contributed by atoms with Crippen molar-refractivity contribution in [3.8, 4) is 0 Å². The van der Waals surface area contributed by atoms with Gasteiger partial charge in [0.2, 0.25) is 5.91 Å². The molecule has 3 nitrogen and oxygen atoms in total. The maximum atomic E-state index is 11.9. The Labute approximate surface area is 116 Å². The van der Waals surface area contributed by atoms with Crippen molar-refractivity contribution < 1.29 is 4.79 Å². The molecule has 0 aliphatic rings. The van der Waals surface area contributed by atoms with Gasteiger partial charge in [-0.2, -0.15) is 0 Å². The number of anilines is 1. The molecule has 0 aromatic heterocycles. The Bertz CT molecular complexity index is 373. The maximum Gasteiger partial charge on any atom is 0.224 e. The predicted octanol–water partition coefficient (Wildman–Crippen LogP) is 3.29. The molecule has 3 heteroatoms. The molecule has 1 rings (SSSR count). The molecule has 0 fully saturated rings. The zero-order valence-corrected chi connectivity index (χ0v) is 12.1. The summed E-state index contributed by atoms with van der Waals surface area (Å²) in [4.78, 5) is 11.9. The van der Waals surface area contributed by atoms with Crippen molar-refractivity contribution in [2.24, 2.45) is 0 Å². The van der Waals surface area contributed by atoms with E-state index in [0.717, 1.165) is 17.7 Å². The van der Waals surface area contributed by atoms with Crippen LogP contribution in [0.15, 0.2) is 24.3 Å². The lowest BCUT2D eigenvalue weighted by Crippen LogP contribution is -2.33. The SMILES string of the molecule is CCCCCCC(C)NC(=O)Cc1ccc(N)cc1. The first kappa shape index (κ1) is 15.5. The predicted molar refractivity (Wildman–Crippen MR) is 80.9 cm³/mol. The number of hydrogen-bond acceptors (Lipinski definition) is 2. The summed E-state index contributed by atoms with van der Waals surface area (Å²) in [6, 6.07) is 7.73. The van der Waals surface area contributed by atoms with Gasteiger partial charge in [-0.15, -0.1) is 0 Å². The molecule has 106 valence electrons. The quantitative estimate of drug-likeness (QED) is 0.558. The molecule has 1 atom stereocenters. The van der Waals surface area contributed by atoms with E-state index >= 15 is 0 Å². The minimum Gasteiger partial charge on any atom is -0.399 e. The number of unbranched alkanes of at least 4 members (excludes halogenated alkanes) is 3. The summed E-state index contributed by atoms with van der Waals surface area (Å²) in [5.41, 5.74) is 7.35. The van der Waals surface area contributed by atoms with E-state index in [2.05, 4.69) is 19.2 Å². The molecule has 0 saturated carbocycles. The molecular weight excluding hydrogens is 236 g/mol. The number of rotatable bonds is 8. The van der Waals surface area contributed by atoms with Crippen LogP contribution in [-0.4, -0.2) is 11.9 Å². The van der Waals surface area contributed by atoms with Crippen molar-refractivity contribution in [3.05, 3.63) is 29.8 Å². The lowest BCUT2D eigenvalue weighted by molar-refractivity contribution is -0.121. The summed E-state index contributed by atoms with van der Waals surface area (Å²) >= 11 is 0. The lowest BCUT2D eigenvalue weighted by atomic mass is 10.1. The van der Waals surface area contributed by atoms with Crippen LogP contribution in [0.1, 0.15) is 51.5 Å². The highest BCUT2D eigenvalue weighted by Gasteiger charge is 2.07. The Morgan fingerprint density at radius 3 is 2.53 bits per heavy atom. The average Bonchev–Trinajstić information content (AvgIpc) is 2.37. The zero-order valence-electron chi connectivity index (χ0n) is 12.1. The van der Waals surface area contributed by atoms with E-state index in [9.17, 15) is 4.79 Å². The molecule has 0 aliphatic heterocycles. The van der Waals surface area contributed by atoms with Crippen LogP contribution in [0.4, 0.5) is 5.69 Å². The summed E-state index contributed by atoms with van der Waals surface area (Å²) in [5, 5.41) is 3.05. The van der Waals surface area contributed by atoms with Gasteiger partial charge in [0.1, 0.15) is 0 Å². The van der Waals surface area contributed by atoms with Crippen LogP contribution < -0.4 is 11.1 Å². The largest absolute Gasteiger partial charge is 0.399 e. The first-order valence-corrected chi connectivity index (χ1v) is 7.25. The number of nitrogens with one attached hydrogen (secondary N) is 1. The van der Waals surface area contributed by atoms with Crippen LogP contribution in [-0.2, 0) is 11.2 Å². The smallest absolute Gasteiger partial charge is 0.224 e. The minimum atomic E-state index is 0.0905. The highest BCUT2D eigenvalue weighted by Crippen LogP contribution is 2.08. The van der Waals surface area contributed by atoms with Gasteiger partial charge < -0.3 is 11.1 Å². The van der Waals surface area contributed by atoms with Crippen molar-refractivity contribution >= 4 is 11.6 Å². The number of carbonyl (C=O) groups is 1. The van der Waals surface area contributed by atoms with Gasteiger partial charge in [0.15, 0.2) is 0 Å². The van der Waals surface area contributed by atoms with Gasteiger partial charge in [0.05, 0.1) is 6.42 Å². The number of hydrogen-bond donors (Lipinski definition) is 2. The first-order valence-electron chi connectivity index (χ1n) is 7.25. The van der Waals surface area contributed by atoms with Crippen LogP contribution in [0.3, 0.4) is 0 Å². The fourth-order valence-corrected chi connectivity index (χ4v) is 2.10. The molecule has 1 aromatic rings. The fourth-order valence-electron chi connectivity index (χ4n) is 2.10. The second-order valence-corrected chi connectivity index (χ2v) is 5.24. The van der Waals surface area contributed by atoms with Crippen LogP contribution in [0.25, 0.3) is 0 Å². The molecule has 1 unspecified atom stereocenters. The Morgan fingerprint density at radius 1 is 1.21 bits per heavy atom. The van der Waals surface area contributed by atoms with Crippen LogP contribution in [0.2, 0.25) is 0 Å². The zero-order chi connectivity index (χ0) is 14.1. The van der Waals surface area contributed by atoms with E-state index in [-0.39, 0.29) is 11.9 Å². The second-order valence-electron chi connectivity index (χ2n) is 5.24. The summed E-state index contributed by atoms with van der Waals surface area (Å²) < 4.78 is 0. The standard InChI is InChI=1S/C16H26N2O/c1-3-4-5-6-7-13(2)18-16(19)12-14-8-10-15(17)11-9-14/h8-11,13H,3-7,12,17H2,1-2H3,(H,18,19). The van der Waals surface area contributed by atoms with Crippen molar-refractivity contribution in [2.45, 2.75) is 58.4 Å². The Morgan fingerprint density at radius 2 is 1.89 bits per heavy atom. The highest BCUT2D eigenvalue weighted by molar-refractivity contribution is 5.78. The van der Waals surface area contributed by atoms with Gasteiger partial charge in [-0.3, -0.25) is 4.79 Å². The van der Waals surface area contributed by atoms with Crippen LogP contribution >= 0.6 is 0 Å². The van der Waals surface area contributed by atoms with E-state index in [1.54, 1.807) is 0 Å². The minimum absolute atomic E-state index is 0.0905. The molecule has 1 amide bonds. The van der Waals surface area contributed by atoms with Gasteiger partial charge in [-0.1, -0.05) is 44.7 Å². The van der Waals surface area contributed by atoms with E-state index in [1.807, 2.05) is 24.3 Å². The topological polar surface area (TPSA) is 55.1 Å². The normalized spacial score (nSPS) is 12.1. The lowest BCUT2D eigenvalue weighted by Gasteiger charge is -2.13. The molecule has 0 aliphatic carbocycles. The third-order valence-electron chi connectivity index (χ3n) is 3.24. The third kappa shape index (κ3) is 6.85. The molecule has 0 radical (unpaired) electrons. The highest BCUT2D eigenvalue weighted by atomic mass is 16.1. The number of carbonyl (C=O) groups excluding carboxylic acids is 1. The van der Waals surface area contributed by atoms with E-state index in [0.29, 0.717) is 6.42 Å². The first-order chi connectivity index (χ1) is 9.11. The summed E-state index contributed by atoms with van der Waals surface area (Å²) in [5.74, 6) is 0.0905. The van der Waals surface area contributed by atoms with Crippen molar-refractivity contribution in [2.75, 3.05) is 5.73 Å². The van der Waals surface area contributed by atoms with Gasteiger partial charge in [0.25, 0.3) is 0 Å². The average molecular weight is 262 g/mol. The van der Waals surface area contributed by atoms with Gasteiger partial charge in [-0.25, -0.2) is 0 Å². The molecule has 3 N–H and O–H groups in total. The molecular formula is C16H26N2O. The number of benzene rings is 1. The van der Waals surface area contributed by atoms with Gasteiger partial charge >= 0.3 is 0 Å². The third-order valence-corrected chi connectivity index (χ3v) is 3.24. The Hall–Kier alpha value is -1.51. The molecule has 0 saturated heterocycles. The Kier molecular flexibility index (Phi) is 7.01. The molecule has 0 bridgehead atoms. The summed E-state index contributed by atoms with van der Waals surface area (Å²) in [7, 11) is 0. The van der Waals surface area contributed by atoms with Crippen LogP contribution in [0.5, 0.6) is 0 Å². The molecule has 0 spiro atoms. The molecule has 1 aromatic carbocycles. The number of nitrogen functional groups attached to an aromatic ring is 1. The maximum absolute atomic E-state index is 11.9.